The molecule has 0 radical (unpaired) electrons. The summed E-state index contributed by atoms with van der Waals surface area (Å²) in [5.41, 5.74) is 0. The monoisotopic (exact) mass is 206 g/mol. The smallest absolute Gasteiger partial charge is 0.265 e. The van der Waals surface area contributed by atoms with Crippen LogP contribution in [0.2, 0.25) is 0 Å². The Morgan fingerprint density at radius 3 is 2.31 bits per heavy atom. The van der Waals surface area contributed by atoms with Crippen molar-refractivity contribution in [2.24, 2.45) is 11.8 Å². The van der Waals surface area contributed by atoms with Crippen LogP contribution in [-0.2, 0) is 10.1 Å². The second kappa shape index (κ2) is 4.42. The fraction of sp³-hybridized carbons (Fsp3) is 1.00. The minimum Gasteiger partial charge on any atom is -0.286 e. The van der Waals surface area contributed by atoms with Crippen LogP contribution in [-0.4, -0.2) is 18.7 Å². The molecule has 0 spiro atoms. The zero-order chi connectivity index (χ0) is 9.90. The van der Waals surface area contributed by atoms with Gasteiger partial charge in [0.25, 0.3) is 10.1 Å². The van der Waals surface area contributed by atoms with E-state index in [9.17, 15) is 8.42 Å². The van der Waals surface area contributed by atoms with Crippen molar-refractivity contribution in [3.05, 3.63) is 0 Å². The highest BCUT2D eigenvalue weighted by molar-refractivity contribution is 7.85. The van der Waals surface area contributed by atoms with Gasteiger partial charge in [-0.1, -0.05) is 39.0 Å². The molecule has 1 fully saturated rings. The maximum Gasteiger partial charge on any atom is 0.265 e. The molecule has 0 bridgehead atoms. The summed E-state index contributed by atoms with van der Waals surface area (Å²) in [6, 6.07) is 0. The number of hydrogen-bond acceptors (Lipinski definition) is 2. The van der Waals surface area contributed by atoms with Gasteiger partial charge in [-0.2, -0.15) is 8.42 Å². The van der Waals surface area contributed by atoms with E-state index in [1.54, 1.807) is 0 Å². The molecular weight excluding hydrogens is 188 g/mol. The summed E-state index contributed by atoms with van der Waals surface area (Å²) in [5.74, 6) is 0.531. The Labute approximate surface area is 80.3 Å². The first-order chi connectivity index (χ1) is 5.99. The van der Waals surface area contributed by atoms with Crippen LogP contribution in [0, 0.1) is 11.8 Å². The molecule has 0 aromatic carbocycles. The van der Waals surface area contributed by atoms with Gasteiger partial charge in [0.2, 0.25) is 0 Å². The number of rotatable bonds is 3. The molecule has 0 aliphatic heterocycles. The summed E-state index contributed by atoms with van der Waals surface area (Å²) in [6.45, 7) is 1.92. The normalized spacial score (nSPS) is 22.9. The van der Waals surface area contributed by atoms with Gasteiger partial charge in [0.1, 0.15) is 0 Å². The van der Waals surface area contributed by atoms with E-state index in [-0.39, 0.29) is 11.7 Å². The summed E-state index contributed by atoms with van der Waals surface area (Å²) >= 11 is 0. The third kappa shape index (κ3) is 4.09. The Hall–Kier alpha value is -0.0900. The minimum atomic E-state index is -3.77. The topological polar surface area (TPSA) is 54.4 Å². The summed E-state index contributed by atoms with van der Waals surface area (Å²) in [5, 5.41) is 0. The van der Waals surface area contributed by atoms with Gasteiger partial charge in [0, 0.05) is 0 Å². The third-order valence-electron chi connectivity index (χ3n) is 2.93. The average Bonchev–Trinajstić information content (AvgIpc) is 2.03. The Bertz CT molecular complexity index is 240. The van der Waals surface area contributed by atoms with Crippen LogP contribution in [0.5, 0.6) is 0 Å². The highest BCUT2D eigenvalue weighted by atomic mass is 32.2. The predicted molar refractivity (Wildman–Crippen MR) is 52.2 cm³/mol. The first-order valence-corrected chi connectivity index (χ1v) is 6.55. The fourth-order valence-electron chi connectivity index (χ4n) is 2.17. The first kappa shape index (κ1) is 11.0. The molecule has 13 heavy (non-hydrogen) atoms. The van der Waals surface area contributed by atoms with Gasteiger partial charge in [0.05, 0.1) is 5.75 Å². The van der Waals surface area contributed by atoms with Crippen molar-refractivity contribution in [2.45, 2.75) is 39.0 Å². The average molecular weight is 206 g/mol. The van der Waals surface area contributed by atoms with Crippen LogP contribution < -0.4 is 0 Å². The number of hydrogen-bond donors (Lipinski definition) is 1. The first-order valence-electron chi connectivity index (χ1n) is 4.94. The van der Waals surface area contributed by atoms with Crippen molar-refractivity contribution in [1.82, 2.24) is 0 Å². The molecule has 4 heteroatoms. The second-order valence-electron chi connectivity index (χ2n) is 4.12. The molecule has 1 aliphatic carbocycles. The fourth-order valence-corrected chi connectivity index (χ4v) is 3.11. The van der Waals surface area contributed by atoms with E-state index < -0.39 is 10.1 Å². The van der Waals surface area contributed by atoms with E-state index in [4.69, 9.17) is 4.55 Å². The van der Waals surface area contributed by atoms with Gasteiger partial charge in [-0.15, -0.1) is 0 Å². The lowest BCUT2D eigenvalue weighted by Crippen LogP contribution is -2.22. The van der Waals surface area contributed by atoms with E-state index in [2.05, 4.69) is 0 Å². The van der Waals surface area contributed by atoms with Gasteiger partial charge in [-0.25, -0.2) is 0 Å². The van der Waals surface area contributed by atoms with Gasteiger partial charge in [-0.3, -0.25) is 4.55 Å². The standard InChI is InChI=1S/C9H18O3S/c1-8(7-13(10,11)12)9-5-3-2-4-6-9/h8-9H,2-7H2,1H3,(H,10,11,12). The maximum atomic E-state index is 10.6. The van der Waals surface area contributed by atoms with Crippen LogP contribution >= 0.6 is 0 Å². The molecular formula is C9H18O3S. The van der Waals surface area contributed by atoms with Crippen molar-refractivity contribution < 1.29 is 13.0 Å². The van der Waals surface area contributed by atoms with Gasteiger partial charge in [0.15, 0.2) is 0 Å². The van der Waals surface area contributed by atoms with E-state index >= 15 is 0 Å². The summed E-state index contributed by atoms with van der Waals surface area (Å²) in [6.07, 6.45) is 5.93. The molecule has 0 aromatic rings. The summed E-state index contributed by atoms with van der Waals surface area (Å²) in [4.78, 5) is 0. The molecule has 0 saturated heterocycles. The molecule has 1 rings (SSSR count). The molecule has 1 saturated carbocycles. The van der Waals surface area contributed by atoms with Gasteiger partial charge in [-0.05, 0) is 11.8 Å². The highest BCUT2D eigenvalue weighted by Gasteiger charge is 2.23. The zero-order valence-electron chi connectivity index (χ0n) is 8.07. The molecule has 1 atom stereocenters. The lowest BCUT2D eigenvalue weighted by molar-refractivity contribution is 0.277. The predicted octanol–water partition coefficient (Wildman–Crippen LogP) is 2.09. The molecule has 0 aromatic heterocycles. The Morgan fingerprint density at radius 2 is 1.85 bits per heavy atom. The summed E-state index contributed by atoms with van der Waals surface area (Å²) in [7, 11) is -3.77. The quantitative estimate of drug-likeness (QED) is 0.719. The van der Waals surface area contributed by atoms with Crippen molar-refractivity contribution in [3.8, 4) is 0 Å². The minimum absolute atomic E-state index is 0.0718. The Morgan fingerprint density at radius 1 is 1.31 bits per heavy atom. The van der Waals surface area contributed by atoms with Crippen LogP contribution in [0.25, 0.3) is 0 Å². The molecule has 0 amide bonds. The van der Waals surface area contributed by atoms with Crippen molar-refractivity contribution >= 4 is 10.1 Å². The molecule has 3 nitrogen and oxygen atoms in total. The van der Waals surface area contributed by atoms with Gasteiger partial charge < -0.3 is 0 Å². The van der Waals surface area contributed by atoms with Gasteiger partial charge >= 0.3 is 0 Å². The molecule has 1 aliphatic rings. The van der Waals surface area contributed by atoms with E-state index in [0.29, 0.717) is 5.92 Å². The Balaban J connectivity index is 2.42. The van der Waals surface area contributed by atoms with Crippen LogP contribution in [0.3, 0.4) is 0 Å². The molecule has 78 valence electrons. The largest absolute Gasteiger partial charge is 0.286 e. The second-order valence-corrected chi connectivity index (χ2v) is 5.62. The SMILES string of the molecule is CC(CS(=O)(=O)O)C1CCCCC1. The van der Waals surface area contributed by atoms with E-state index in [0.717, 1.165) is 12.8 Å². The van der Waals surface area contributed by atoms with Crippen molar-refractivity contribution in [2.75, 3.05) is 5.75 Å². The summed E-state index contributed by atoms with van der Waals surface area (Å²) < 4.78 is 30.0. The van der Waals surface area contributed by atoms with Crippen LogP contribution in [0.1, 0.15) is 39.0 Å². The highest BCUT2D eigenvalue weighted by Crippen LogP contribution is 2.30. The zero-order valence-corrected chi connectivity index (χ0v) is 8.89. The lowest BCUT2D eigenvalue weighted by atomic mass is 9.82. The molecule has 1 N–H and O–H groups in total. The van der Waals surface area contributed by atoms with Crippen molar-refractivity contribution in [3.63, 3.8) is 0 Å². The third-order valence-corrected chi connectivity index (χ3v) is 3.88. The Kier molecular flexibility index (Phi) is 3.74. The maximum absolute atomic E-state index is 10.6. The van der Waals surface area contributed by atoms with E-state index in [1.807, 2.05) is 6.92 Å². The van der Waals surface area contributed by atoms with Crippen molar-refractivity contribution in [1.29, 1.82) is 0 Å². The van der Waals surface area contributed by atoms with Crippen LogP contribution in [0.15, 0.2) is 0 Å². The molecule has 0 heterocycles. The van der Waals surface area contributed by atoms with E-state index in [1.165, 1.54) is 19.3 Å². The lowest BCUT2D eigenvalue weighted by Gasteiger charge is -2.26. The molecule has 1 unspecified atom stereocenters. The van der Waals surface area contributed by atoms with Crippen LogP contribution in [0.4, 0.5) is 0 Å².